The molecule has 3 heteroatoms. The van der Waals surface area contributed by atoms with Gasteiger partial charge in [-0.25, -0.2) is 4.98 Å². The van der Waals surface area contributed by atoms with Crippen LogP contribution in [-0.2, 0) is 5.41 Å². The normalized spacial score (nSPS) is 24.8. The summed E-state index contributed by atoms with van der Waals surface area (Å²) in [6.45, 7) is 7.09. The van der Waals surface area contributed by atoms with E-state index in [0.29, 0.717) is 5.41 Å². The minimum Gasteiger partial charge on any atom is -0.344 e. The van der Waals surface area contributed by atoms with Gasteiger partial charge in [-0.15, -0.1) is 0 Å². The zero-order valence-corrected chi connectivity index (χ0v) is 16.1. The SMILES string of the molecule is CC1(C)CCC2=C(C1)Nc1ncc(Br)cc1[C@@]2(C)c1ccccc1. The summed E-state index contributed by atoms with van der Waals surface area (Å²) in [4.78, 5) is 4.69. The number of benzene rings is 1. The lowest BCUT2D eigenvalue weighted by Crippen LogP contribution is -2.38. The molecule has 0 bridgehead atoms. The molecule has 1 aliphatic carbocycles. The molecule has 2 nitrogen and oxygen atoms in total. The number of pyridine rings is 1. The van der Waals surface area contributed by atoms with E-state index in [1.807, 2.05) is 6.20 Å². The van der Waals surface area contributed by atoms with E-state index in [-0.39, 0.29) is 5.41 Å². The number of nitrogens with one attached hydrogen (secondary N) is 1. The highest BCUT2D eigenvalue weighted by Crippen LogP contribution is 2.53. The largest absolute Gasteiger partial charge is 0.344 e. The summed E-state index contributed by atoms with van der Waals surface area (Å²) in [5, 5.41) is 3.65. The van der Waals surface area contributed by atoms with E-state index in [4.69, 9.17) is 0 Å². The molecule has 1 aromatic heterocycles. The van der Waals surface area contributed by atoms with Crippen molar-refractivity contribution >= 4 is 21.7 Å². The van der Waals surface area contributed by atoms with Crippen LogP contribution >= 0.6 is 15.9 Å². The zero-order chi connectivity index (χ0) is 16.9. The quantitative estimate of drug-likeness (QED) is 0.649. The van der Waals surface area contributed by atoms with Gasteiger partial charge in [-0.2, -0.15) is 0 Å². The van der Waals surface area contributed by atoms with Crippen molar-refractivity contribution < 1.29 is 0 Å². The summed E-state index contributed by atoms with van der Waals surface area (Å²) in [6, 6.07) is 13.1. The molecule has 1 aliphatic heterocycles. The van der Waals surface area contributed by atoms with E-state index < -0.39 is 0 Å². The number of nitrogens with zero attached hydrogens (tertiary/aromatic N) is 1. The summed E-state index contributed by atoms with van der Waals surface area (Å²) in [6.07, 6.45) is 5.33. The third-order valence-electron chi connectivity index (χ3n) is 5.69. The van der Waals surface area contributed by atoms with Crippen LogP contribution < -0.4 is 5.32 Å². The summed E-state index contributed by atoms with van der Waals surface area (Å²) < 4.78 is 1.03. The fraction of sp³-hybridized carbons (Fsp3) is 0.381. The van der Waals surface area contributed by atoms with Crippen molar-refractivity contribution in [3.63, 3.8) is 0 Å². The Morgan fingerprint density at radius 1 is 1.12 bits per heavy atom. The molecule has 0 spiro atoms. The van der Waals surface area contributed by atoms with Crippen LogP contribution in [0.25, 0.3) is 0 Å². The lowest BCUT2D eigenvalue weighted by atomic mass is 9.62. The Balaban J connectivity index is 1.97. The van der Waals surface area contributed by atoms with Crippen molar-refractivity contribution in [2.24, 2.45) is 5.41 Å². The highest BCUT2D eigenvalue weighted by atomic mass is 79.9. The Morgan fingerprint density at radius 2 is 1.88 bits per heavy atom. The monoisotopic (exact) mass is 382 g/mol. The van der Waals surface area contributed by atoms with E-state index in [0.717, 1.165) is 23.1 Å². The van der Waals surface area contributed by atoms with Gasteiger partial charge in [-0.3, -0.25) is 0 Å². The molecule has 0 amide bonds. The van der Waals surface area contributed by atoms with Crippen molar-refractivity contribution in [2.45, 2.75) is 45.4 Å². The first-order valence-electron chi connectivity index (χ1n) is 8.61. The number of fused-ring (bicyclic) bond motifs is 1. The Bertz CT molecular complexity index is 823. The van der Waals surface area contributed by atoms with Gasteiger partial charge in [0.05, 0.1) is 0 Å². The Hall–Kier alpha value is -1.61. The number of anilines is 1. The van der Waals surface area contributed by atoms with E-state index in [9.17, 15) is 0 Å². The molecular weight excluding hydrogens is 360 g/mol. The number of hydrogen-bond acceptors (Lipinski definition) is 2. The van der Waals surface area contributed by atoms with Crippen LogP contribution in [0.2, 0.25) is 0 Å². The van der Waals surface area contributed by atoms with Gasteiger partial charge < -0.3 is 5.32 Å². The van der Waals surface area contributed by atoms with Gasteiger partial charge in [0, 0.05) is 27.3 Å². The molecule has 2 aromatic rings. The van der Waals surface area contributed by atoms with Crippen LogP contribution in [0.3, 0.4) is 0 Å². The molecule has 0 saturated heterocycles. The smallest absolute Gasteiger partial charge is 0.134 e. The van der Waals surface area contributed by atoms with Crippen LogP contribution in [0.15, 0.2) is 58.3 Å². The molecule has 0 saturated carbocycles. The van der Waals surface area contributed by atoms with E-state index >= 15 is 0 Å². The summed E-state index contributed by atoms with van der Waals surface area (Å²) in [5.74, 6) is 1.00. The molecule has 0 radical (unpaired) electrons. The number of halogens is 1. The van der Waals surface area contributed by atoms with Crippen LogP contribution in [0.1, 0.15) is 51.2 Å². The first-order chi connectivity index (χ1) is 11.4. The molecule has 0 unspecified atom stereocenters. The Kier molecular flexibility index (Phi) is 3.61. The van der Waals surface area contributed by atoms with Crippen LogP contribution in [0, 0.1) is 5.41 Å². The summed E-state index contributed by atoms with van der Waals surface area (Å²) >= 11 is 3.61. The average Bonchev–Trinajstić information content (AvgIpc) is 2.55. The van der Waals surface area contributed by atoms with Gasteiger partial charge in [0.25, 0.3) is 0 Å². The summed E-state index contributed by atoms with van der Waals surface area (Å²) in [7, 11) is 0. The van der Waals surface area contributed by atoms with Gasteiger partial charge in [0.2, 0.25) is 0 Å². The second kappa shape index (κ2) is 5.45. The first-order valence-corrected chi connectivity index (χ1v) is 9.40. The molecule has 1 atom stereocenters. The Labute approximate surface area is 152 Å². The highest BCUT2D eigenvalue weighted by Gasteiger charge is 2.43. The molecule has 0 fully saturated rings. The van der Waals surface area contributed by atoms with Crippen molar-refractivity contribution in [2.75, 3.05) is 5.32 Å². The van der Waals surface area contributed by atoms with Crippen LogP contribution in [-0.4, -0.2) is 4.98 Å². The first kappa shape index (κ1) is 15.9. The van der Waals surface area contributed by atoms with Crippen molar-refractivity contribution in [1.82, 2.24) is 4.98 Å². The van der Waals surface area contributed by atoms with Crippen LogP contribution in [0.5, 0.6) is 0 Å². The van der Waals surface area contributed by atoms with Crippen LogP contribution in [0.4, 0.5) is 5.82 Å². The molecule has 2 aliphatic rings. The molecule has 4 rings (SSSR count). The number of hydrogen-bond donors (Lipinski definition) is 1. The molecule has 1 aromatic carbocycles. The van der Waals surface area contributed by atoms with Crippen molar-refractivity contribution in [3.8, 4) is 0 Å². The predicted octanol–water partition coefficient (Wildman–Crippen LogP) is 6.04. The Morgan fingerprint density at radius 3 is 2.62 bits per heavy atom. The molecule has 1 N–H and O–H groups in total. The minimum absolute atomic E-state index is 0.121. The van der Waals surface area contributed by atoms with Gasteiger partial charge in [-0.1, -0.05) is 44.2 Å². The van der Waals surface area contributed by atoms with Crippen molar-refractivity contribution in [1.29, 1.82) is 0 Å². The number of rotatable bonds is 1. The lowest BCUT2D eigenvalue weighted by molar-refractivity contribution is 0.302. The molecule has 2 heterocycles. The summed E-state index contributed by atoms with van der Waals surface area (Å²) in [5.41, 5.74) is 5.74. The van der Waals surface area contributed by atoms with Gasteiger partial charge in [-0.05, 0) is 64.7 Å². The highest BCUT2D eigenvalue weighted by molar-refractivity contribution is 9.10. The number of allylic oxidation sites excluding steroid dienone is 2. The number of aromatic nitrogens is 1. The fourth-order valence-electron chi connectivity index (χ4n) is 4.29. The maximum absolute atomic E-state index is 4.69. The maximum Gasteiger partial charge on any atom is 0.134 e. The standard InChI is InChI=1S/C21H23BrN2/c1-20(2)10-9-16-18(12-20)24-19-17(11-15(22)13-23-19)21(16,3)14-7-5-4-6-8-14/h4-8,11,13H,9-10,12H2,1-3H3,(H,23,24)/t21-/m0/s1. The second-order valence-electron chi connectivity index (χ2n) is 7.96. The average molecular weight is 383 g/mol. The van der Waals surface area contributed by atoms with E-state index in [2.05, 4.69) is 83.4 Å². The topological polar surface area (TPSA) is 24.9 Å². The molecule has 24 heavy (non-hydrogen) atoms. The molecular formula is C21H23BrN2. The second-order valence-corrected chi connectivity index (χ2v) is 8.88. The fourth-order valence-corrected chi connectivity index (χ4v) is 4.62. The third-order valence-corrected chi connectivity index (χ3v) is 6.12. The van der Waals surface area contributed by atoms with Crippen molar-refractivity contribution in [3.05, 3.63) is 69.5 Å². The predicted molar refractivity (Wildman–Crippen MR) is 103 cm³/mol. The van der Waals surface area contributed by atoms with E-state index in [1.165, 1.54) is 28.8 Å². The van der Waals surface area contributed by atoms with E-state index in [1.54, 1.807) is 0 Å². The lowest BCUT2D eigenvalue weighted by Gasteiger charge is -2.45. The van der Waals surface area contributed by atoms with Gasteiger partial charge >= 0.3 is 0 Å². The minimum atomic E-state index is -0.121. The third kappa shape index (κ3) is 2.41. The van der Waals surface area contributed by atoms with Gasteiger partial charge in [0.1, 0.15) is 5.82 Å². The molecule has 124 valence electrons. The maximum atomic E-state index is 4.69. The zero-order valence-electron chi connectivity index (χ0n) is 14.5. The van der Waals surface area contributed by atoms with Gasteiger partial charge in [0.15, 0.2) is 0 Å².